The number of ether oxygens (including phenoxy) is 1. The molecule has 98 valence electrons. The summed E-state index contributed by atoms with van der Waals surface area (Å²) in [5.41, 5.74) is 0. The minimum Gasteiger partial charge on any atom is -0.377 e. The lowest BCUT2D eigenvalue weighted by Gasteiger charge is -2.21. The summed E-state index contributed by atoms with van der Waals surface area (Å²) in [6.07, 6.45) is 0.966. The summed E-state index contributed by atoms with van der Waals surface area (Å²) < 4.78 is 6.87. The second kappa shape index (κ2) is 5.52. The van der Waals surface area contributed by atoms with E-state index in [1.165, 1.54) is 5.75 Å². The molecule has 0 radical (unpaired) electrons. The lowest BCUT2D eigenvalue weighted by molar-refractivity contribution is 0.176. The summed E-state index contributed by atoms with van der Waals surface area (Å²) in [5, 5.41) is 17.4. The van der Waals surface area contributed by atoms with Gasteiger partial charge in [-0.3, -0.25) is 0 Å². The van der Waals surface area contributed by atoms with Gasteiger partial charge in [0.1, 0.15) is 11.6 Å². The first-order valence-electron chi connectivity index (χ1n) is 5.87. The summed E-state index contributed by atoms with van der Waals surface area (Å²) in [5.74, 6) is 3.13. The number of aromatic nitrogens is 4. The molecule has 18 heavy (non-hydrogen) atoms. The van der Waals surface area contributed by atoms with E-state index < -0.39 is 0 Å². The van der Waals surface area contributed by atoms with Crippen LogP contribution in [0.4, 0.5) is 0 Å². The third-order valence-electron chi connectivity index (χ3n) is 2.79. The largest absolute Gasteiger partial charge is 0.377 e. The molecular formula is C10H15N5OS2. The number of nitrogens with one attached hydrogen (secondary N) is 1. The molecule has 1 unspecified atom stereocenters. The van der Waals surface area contributed by atoms with Gasteiger partial charge in [0, 0.05) is 37.6 Å². The Bertz CT molecular complexity index is 519. The number of fused-ring (bicyclic) bond motifs is 1. The normalized spacial score (nSPS) is 20.6. The van der Waals surface area contributed by atoms with Gasteiger partial charge in [-0.05, 0) is 0 Å². The monoisotopic (exact) mass is 285 g/mol. The van der Waals surface area contributed by atoms with E-state index >= 15 is 0 Å². The van der Waals surface area contributed by atoms with Gasteiger partial charge >= 0.3 is 0 Å². The van der Waals surface area contributed by atoms with E-state index in [0.29, 0.717) is 12.6 Å². The van der Waals surface area contributed by atoms with E-state index in [9.17, 15) is 0 Å². The predicted molar refractivity (Wildman–Crippen MR) is 72.2 cm³/mol. The van der Waals surface area contributed by atoms with Gasteiger partial charge in [0.05, 0.1) is 0 Å². The molecule has 1 aliphatic rings. The van der Waals surface area contributed by atoms with Crippen LogP contribution in [0.3, 0.4) is 0 Å². The Morgan fingerprint density at radius 2 is 2.44 bits per heavy atom. The number of rotatable bonds is 4. The molecule has 2 aromatic heterocycles. The van der Waals surface area contributed by atoms with Gasteiger partial charge in [-0.15, -0.1) is 10.2 Å². The zero-order chi connectivity index (χ0) is 12.4. The molecule has 0 spiro atoms. The number of hydrogen-bond acceptors (Lipinski definition) is 7. The summed E-state index contributed by atoms with van der Waals surface area (Å²) in [4.78, 5) is 0.848. The highest BCUT2D eigenvalue weighted by Gasteiger charge is 2.17. The maximum absolute atomic E-state index is 5.08. The predicted octanol–water partition coefficient (Wildman–Crippen LogP) is 0.580. The smallest absolute Gasteiger partial charge is 0.234 e. The Morgan fingerprint density at radius 3 is 3.22 bits per heavy atom. The van der Waals surface area contributed by atoms with Crippen LogP contribution in [0.1, 0.15) is 10.8 Å². The van der Waals surface area contributed by atoms with Gasteiger partial charge in [-0.2, -0.15) is 21.4 Å². The van der Waals surface area contributed by atoms with E-state index in [1.807, 2.05) is 11.8 Å². The van der Waals surface area contributed by atoms with Crippen molar-refractivity contribution in [2.45, 2.75) is 19.1 Å². The summed E-state index contributed by atoms with van der Waals surface area (Å²) in [6, 6.07) is 0.526. The molecule has 0 aliphatic carbocycles. The average molecular weight is 285 g/mol. The van der Waals surface area contributed by atoms with Crippen molar-refractivity contribution in [2.75, 3.05) is 25.2 Å². The van der Waals surface area contributed by atoms with Crippen LogP contribution < -0.4 is 5.32 Å². The second-order valence-corrected chi connectivity index (χ2v) is 6.36. The van der Waals surface area contributed by atoms with Crippen molar-refractivity contribution in [3.05, 3.63) is 10.8 Å². The van der Waals surface area contributed by atoms with Crippen molar-refractivity contribution in [1.29, 1.82) is 0 Å². The quantitative estimate of drug-likeness (QED) is 0.886. The van der Waals surface area contributed by atoms with Crippen LogP contribution in [-0.2, 0) is 17.8 Å². The van der Waals surface area contributed by atoms with Crippen LogP contribution in [-0.4, -0.2) is 51.0 Å². The minimum absolute atomic E-state index is 0.446. The summed E-state index contributed by atoms with van der Waals surface area (Å²) >= 11 is 3.61. The van der Waals surface area contributed by atoms with Gasteiger partial charge in [-0.25, -0.2) is 0 Å². The zero-order valence-electron chi connectivity index (χ0n) is 10.1. The molecule has 1 atom stereocenters. The van der Waals surface area contributed by atoms with Crippen LogP contribution in [0.15, 0.2) is 0 Å². The van der Waals surface area contributed by atoms with Crippen molar-refractivity contribution in [3.63, 3.8) is 0 Å². The highest BCUT2D eigenvalue weighted by atomic mass is 32.2. The molecule has 1 fully saturated rings. The van der Waals surface area contributed by atoms with Crippen LogP contribution in [0.2, 0.25) is 0 Å². The minimum atomic E-state index is 0.446. The fourth-order valence-corrected chi connectivity index (χ4v) is 3.84. The molecule has 1 N–H and O–H groups in total. The van der Waals surface area contributed by atoms with Crippen molar-refractivity contribution >= 4 is 28.1 Å². The molecule has 3 heterocycles. The molecule has 0 amide bonds. The third-order valence-corrected chi connectivity index (χ3v) is 4.84. The number of methoxy groups -OCH3 is 1. The summed E-state index contributed by atoms with van der Waals surface area (Å²) in [7, 11) is 1.65. The molecule has 2 aromatic rings. The average Bonchev–Trinajstić information content (AvgIpc) is 2.93. The molecule has 8 heteroatoms. The van der Waals surface area contributed by atoms with Crippen molar-refractivity contribution in [2.24, 2.45) is 0 Å². The van der Waals surface area contributed by atoms with Gasteiger partial charge in [0.2, 0.25) is 4.96 Å². The molecular weight excluding hydrogens is 270 g/mol. The Morgan fingerprint density at radius 1 is 1.50 bits per heavy atom. The Labute approximate surface area is 113 Å². The Kier molecular flexibility index (Phi) is 3.78. The van der Waals surface area contributed by atoms with E-state index in [0.717, 1.165) is 34.5 Å². The number of thioether (sulfide) groups is 1. The first kappa shape index (κ1) is 12.3. The van der Waals surface area contributed by atoms with Crippen molar-refractivity contribution in [1.82, 2.24) is 25.1 Å². The topological polar surface area (TPSA) is 64.3 Å². The lowest BCUT2D eigenvalue weighted by atomic mass is 10.2. The maximum Gasteiger partial charge on any atom is 0.234 e. The van der Waals surface area contributed by atoms with E-state index in [1.54, 1.807) is 23.0 Å². The van der Waals surface area contributed by atoms with Crippen LogP contribution in [0.5, 0.6) is 0 Å². The fourth-order valence-electron chi connectivity index (χ4n) is 1.96. The zero-order valence-corrected chi connectivity index (χ0v) is 11.8. The molecule has 3 rings (SSSR count). The lowest BCUT2D eigenvalue weighted by Crippen LogP contribution is -2.38. The van der Waals surface area contributed by atoms with Gasteiger partial charge in [-0.1, -0.05) is 11.3 Å². The number of hydrogen-bond donors (Lipinski definition) is 1. The molecule has 0 saturated carbocycles. The van der Waals surface area contributed by atoms with Gasteiger partial charge in [0.15, 0.2) is 5.82 Å². The van der Waals surface area contributed by atoms with Gasteiger partial charge in [0.25, 0.3) is 0 Å². The number of nitrogens with zero attached hydrogens (tertiary/aromatic N) is 4. The van der Waals surface area contributed by atoms with Crippen LogP contribution in [0.25, 0.3) is 4.96 Å². The standard InChI is InChI=1S/C10H15N5OS2/c1-16-5-8-12-13-10-15(8)14-9(18-10)4-7-6-17-3-2-11-7/h7,11H,2-6H2,1H3. The highest BCUT2D eigenvalue weighted by Crippen LogP contribution is 2.18. The Balaban J connectivity index is 1.76. The van der Waals surface area contributed by atoms with Crippen molar-refractivity contribution < 1.29 is 4.74 Å². The maximum atomic E-state index is 5.08. The van der Waals surface area contributed by atoms with E-state index in [4.69, 9.17) is 4.74 Å². The molecule has 1 saturated heterocycles. The second-order valence-electron chi connectivity index (χ2n) is 4.17. The molecule has 1 aliphatic heterocycles. The first-order chi connectivity index (χ1) is 8.86. The van der Waals surface area contributed by atoms with Crippen LogP contribution >= 0.6 is 23.1 Å². The molecule has 0 aromatic carbocycles. The third kappa shape index (κ3) is 2.51. The molecule has 6 nitrogen and oxygen atoms in total. The SMILES string of the molecule is COCc1nnc2sc(CC3CSCCN3)nn12. The van der Waals surface area contributed by atoms with E-state index in [2.05, 4.69) is 20.6 Å². The Hall–Kier alpha value is -0.700. The highest BCUT2D eigenvalue weighted by molar-refractivity contribution is 7.99. The van der Waals surface area contributed by atoms with Crippen LogP contribution in [0, 0.1) is 0 Å². The first-order valence-corrected chi connectivity index (χ1v) is 7.84. The van der Waals surface area contributed by atoms with Gasteiger partial charge < -0.3 is 10.1 Å². The fraction of sp³-hybridized carbons (Fsp3) is 0.700. The summed E-state index contributed by atoms with van der Waals surface area (Å²) in [6.45, 7) is 1.54. The van der Waals surface area contributed by atoms with Crippen molar-refractivity contribution in [3.8, 4) is 0 Å². The molecule has 0 bridgehead atoms. The van der Waals surface area contributed by atoms with E-state index in [-0.39, 0.29) is 0 Å².